The van der Waals surface area contributed by atoms with E-state index >= 15 is 0 Å². The predicted molar refractivity (Wildman–Crippen MR) is 69.9 cm³/mol. The minimum Gasteiger partial charge on any atom is -0.480 e. The van der Waals surface area contributed by atoms with Crippen molar-refractivity contribution >= 4 is 12.1 Å². The Balaban J connectivity index is 2.19. The van der Waals surface area contributed by atoms with Crippen LogP contribution in [0.3, 0.4) is 0 Å². The van der Waals surface area contributed by atoms with Gasteiger partial charge >= 0.3 is 12.1 Å². The first-order valence-electron chi connectivity index (χ1n) is 7.04. The summed E-state index contributed by atoms with van der Waals surface area (Å²) in [5.41, 5.74) is -0.592. The van der Waals surface area contributed by atoms with Crippen LogP contribution < -0.4 is 0 Å². The number of fused-ring (bicyclic) bond motifs is 1. The third kappa shape index (κ3) is 3.01. The average molecular weight is 269 g/mol. The molecule has 3 atom stereocenters. The molecule has 5 nitrogen and oxygen atoms in total. The lowest BCUT2D eigenvalue weighted by molar-refractivity contribution is -0.146. The largest absolute Gasteiger partial charge is 0.480 e. The number of ether oxygens (including phenoxy) is 1. The van der Waals surface area contributed by atoms with Crippen LogP contribution in [0.4, 0.5) is 4.79 Å². The van der Waals surface area contributed by atoms with E-state index in [4.69, 9.17) is 4.74 Å². The number of carbonyl (C=O) groups is 2. The monoisotopic (exact) mass is 269 g/mol. The Bertz CT molecular complexity index is 374. The molecule has 3 unspecified atom stereocenters. The van der Waals surface area contributed by atoms with Crippen LogP contribution in [0.25, 0.3) is 0 Å². The number of carboxylic acids is 1. The van der Waals surface area contributed by atoms with Gasteiger partial charge in [-0.1, -0.05) is 6.42 Å². The number of aliphatic carboxylic acids is 1. The second kappa shape index (κ2) is 5.02. The molecule has 0 bridgehead atoms. The Labute approximate surface area is 113 Å². The maximum atomic E-state index is 12.3. The standard InChI is InChI=1S/C14H23NO4/c1-14(2,3)19-13(18)15-10-6-4-5-9(10)7-8-11(15)12(16)17/h9-11H,4-8H2,1-3H3,(H,16,17). The van der Waals surface area contributed by atoms with Crippen LogP contribution in [0.15, 0.2) is 0 Å². The Morgan fingerprint density at radius 1 is 1.16 bits per heavy atom. The molecule has 19 heavy (non-hydrogen) atoms. The number of likely N-dealkylation sites (tertiary alicyclic amines) is 1. The van der Waals surface area contributed by atoms with Crippen LogP contribution in [-0.4, -0.2) is 39.8 Å². The van der Waals surface area contributed by atoms with Gasteiger partial charge in [-0.2, -0.15) is 0 Å². The molecule has 1 N–H and O–H groups in total. The molecule has 1 saturated carbocycles. The molecule has 0 aromatic carbocycles. The van der Waals surface area contributed by atoms with Crippen molar-refractivity contribution in [3.05, 3.63) is 0 Å². The van der Waals surface area contributed by atoms with E-state index in [9.17, 15) is 14.7 Å². The van der Waals surface area contributed by atoms with Crippen LogP contribution in [-0.2, 0) is 9.53 Å². The molecule has 1 amide bonds. The molecule has 2 aliphatic rings. The van der Waals surface area contributed by atoms with Gasteiger partial charge in [0.25, 0.3) is 0 Å². The molecular weight excluding hydrogens is 246 g/mol. The zero-order chi connectivity index (χ0) is 14.2. The van der Waals surface area contributed by atoms with E-state index in [1.165, 1.54) is 4.90 Å². The molecule has 2 rings (SSSR count). The van der Waals surface area contributed by atoms with E-state index in [-0.39, 0.29) is 6.04 Å². The lowest BCUT2D eigenvalue weighted by Crippen LogP contribution is -2.56. The number of hydrogen-bond donors (Lipinski definition) is 1. The first-order chi connectivity index (χ1) is 8.79. The molecule has 1 aliphatic carbocycles. The molecule has 1 saturated heterocycles. The number of carboxylic acid groups (broad SMARTS) is 1. The average Bonchev–Trinajstić information content (AvgIpc) is 2.72. The quantitative estimate of drug-likeness (QED) is 0.794. The molecule has 2 fully saturated rings. The highest BCUT2D eigenvalue weighted by atomic mass is 16.6. The van der Waals surface area contributed by atoms with Gasteiger partial charge in [-0.15, -0.1) is 0 Å². The third-order valence-corrected chi connectivity index (χ3v) is 4.01. The van der Waals surface area contributed by atoms with Crippen molar-refractivity contribution in [3.8, 4) is 0 Å². The number of piperidine rings is 1. The van der Waals surface area contributed by atoms with Crippen molar-refractivity contribution in [1.82, 2.24) is 4.90 Å². The van der Waals surface area contributed by atoms with Crippen molar-refractivity contribution < 1.29 is 19.4 Å². The van der Waals surface area contributed by atoms with Gasteiger partial charge in [-0.25, -0.2) is 9.59 Å². The van der Waals surface area contributed by atoms with Gasteiger partial charge < -0.3 is 9.84 Å². The molecule has 5 heteroatoms. The number of amides is 1. The highest BCUT2D eigenvalue weighted by Crippen LogP contribution is 2.40. The molecule has 0 aromatic heterocycles. The van der Waals surface area contributed by atoms with Gasteiger partial charge in [0.05, 0.1) is 0 Å². The first-order valence-corrected chi connectivity index (χ1v) is 7.04. The van der Waals surface area contributed by atoms with Gasteiger partial charge in [-0.05, 0) is 52.4 Å². The van der Waals surface area contributed by atoms with Crippen LogP contribution in [0.1, 0.15) is 52.9 Å². The van der Waals surface area contributed by atoms with Gasteiger partial charge in [0.1, 0.15) is 11.6 Å². The number of hydrogen-bond acceptors (Lipinski definition) is 3. The number of nitrogens with zero attached hydrogens (tertiary/aromatic N) is 1. The highest BCUT2D eigenvalue weighted by Gasteiger charge is 2.46. The molecule has 0 radical (unpaired) electrons. The van der Waals surface area contributed by atoms with Crippen LogP contribution in [0.5, 0.6) is 0 Å². The summed E-state index contributed by atoms with van der Waals surface area (Å²) in [6.07, 6.45) is 4.03. The fraction of sp³-hybridized carbons (Fsp3) is 0.857. The maximum Gasteiger partial charge on any atom is 0.411 e. The van der Waals surface area contributed by atoms with Crippen molar-refractivity contribution in [2.45, 2.75) is 70.6 Å². The van der Waals surface area contributed by atoms with E-state index < -0.39 is 23.7 Å². The van der Waals surface area contributed by atoms with E-state index in [1.54, 1.807) is 20.8 Å². The topological polar surface area (TPSA) is 66.8 Å². The summed E-state index contributed by atoms with van der Waals surface area (Å²) in [5.74, 6) is -0.473. The second-order valence-electron chi connectivity index (χ2n) is 6.58. The minimum absolute atomic E-state index is 0.0460. The summed E-state index contributed by atoms with van der Waals surface area (Å²) < 4.78 is 5.39. The fourth-order valence-electron chi connectivity index (χ4n) is 3.28. The summed E-state index contributed by atoms with van der Waals surface area (Å²) in [5, 5.41) is 9.33. The fourth-order valence-corrected chi connectivity index (χ4v) is 3.28. The Kier molecular flexibility index (Phi) is 3.74. The zero-order valence-electron chi connectivity index (χ0n) is 11.9. The molecule has 1 aliphatic heterocycles. The van der Waals surface area contributed by atoms with Crippen LogP contribution in [0, 0.1) is 5.92 Å². The number of carbonyl (C=O) groups excluding carboxylic acids is 1. The van der Waals surface area contributed by atoms with Crippen LogP contribution >= 0.6 is 0 Å². The van der Waals surface area contributed by atoms with E-state index in [1.807, 2.05) is 0 Å². The summed E-state index contributed by atoms with van der Waals surface area (Å²) in [7, 11) is 0. The minimum atomic E-state index is -0.920. The van der Waals surface area contributed by atoms with Crippen molar-refractivity contribution in [2.24, 2.45) is 5.92 Å². The van der Waals surface area contributed by atoms with E-state index in [2.05, 4.69) is 0 Å². The normalized spacial score (nSPS) is 30.9. The van der Waals surface area contributed by atoms with Gasteiger partial charge in [0, 0.05) is 6.04 Å². The Hall–Kier alpha value is -1.26. The molecule has 1 heterocycles. The SMILES string of the molecule is CC(C)(C)OC(=O)N1C(C(=O)O)CCC2CCCC21. The van der Waals surface area contributed by atoms with Crippen molar-refractivity contribution in [3.63, 3.8) is 0 Å². The molecule has 0 spiro atoms. The lowest BCUT2D eigenvalue weighted by Gasteiger charge is -2.42. The molecular formula is C14H23NO4. The number of rotatable bonds is 1. The van der Waals surface area contributed by atoms with Gasteiger partial charge in [-0.3, -0.25) is 4.90 Å². The Morgan fingerprint density at radius 3 is 2.42 bits per heavy atom. The van der Waals surface area contributed by atoms with Crippen LogP contribution in [0.2, 0.25) is 0 Å². The van der Waals surface area contributed by atoms with E-state index in [0.717, 1.165) is 25.7 Å². The highest BCUT2D eigenvalue weighted by molar-refractivity contribution is 5.80. The summed E-state index contributed by atoms with van der Waals surface area (Å²) in [4.78, 5) is 25.2. The van der Waals surface area contributed by atoms with Crippen molar-refractivity contribution in [2.75, 3.05) is 0 Å². The maximum absolute atomic E-state index is 12.3. The zero-order valence-corrected chi connectivity index (χ0v) is 11.9. The van der Waals surface area contributed by atoms with Gasteiger partial charge in [0.15, 0.2) is 0 Å². The second-order valence-corrected chi connectivity index (χ2v) is 6.58. The smallest absolute Gasteiger partial charge is 0.411 e. The molecule has 108 valence electrons. The third-order valence-electron chi connectivity index (χ3n) is 4.01. The van der Waals surface area contributed by atoms with Crippen molar-refractivity contribution in [1.29, 1.82) is 0 Å². The lowest BCUT2D eigenvalue weighted by atomic mass is 9.88. The Morgan fingerprint density at radius 2 is 1.84 bits per heavy atom. The van der Waals surface area contributed by atoms with E-state index in [0.29, 0.717) is 12.3 Å². The predicted octanol–water partition coefficient (Wildman–Crippen LogP) is 2.64. The molecule has 0 aromatic rings. The van der Waals surface area contributed by atoms with Gasteiger partial charge in [0.2, 0.25) is 0 Å². The summed E-state index contributed by atoms with van der Waals surface area (Å²) >= 11 is 0. The summed E-state index contributed by atoms with van der Waals surface area (Å²) in [6.45, 7) is 5.41. The first kappa shape index (κ1) is 14.2. The summed E-state index contributed by atoms with van der Waals surface area (Å²) in [6, 6.07) is -0.682.